The summed E-state index contributed by atoms with van der Waals surface area (Å²) in [7, 11) is 1.96. The molecule has 0 aliphatic carbocycles. The standard InChI is InChI=1S/C21H24N4O2/c1-14-4-5-18(15(2)12-14)23-20-16-6-7-24(3)19(16)17(13-22-20)21(26)25-8-10-27-11-9-25/h4-7,12-13H,8-11H2,1-3H3,(H,22,23). The molecule has 1 aliphatic heterocycles. The molecule has 1 saturated heterocycles. The number of ether oxygens (including phenoxy) is 1. The number of pyridine rings is 1. The molecule has 6 heteroatoms. The summed E-state index contributed by atoms with van der Waals surface area (Å²) in [4.78, 5) is 19.5. The molecule has 3 heterocycles. The first-order chi connectivity index (χ1) is 13.0. The van der Waals surface area contributed by atoms with Gasteiger partial charge in [-0.1, -0.05) is 17.7 Å². The summed E-state index contributed by atoms with van der Waals surface area (Å²) < 4.78 is 7.35. The van der Waals surface area contributed by atoms with E-state index in [1.54, 1.807) is 6.20 Å². The lowest BCUT2D eigenvalue weighted by molar-refractivity contribution is 0.0303. The summed E-state index contributed by atoms with van der Waals surface area (Å²) in [6.45, 7) is 6.56. The van der Waals surface area contributed by atoms with Crippen LogP contribution >= 0.6 is 0 Å². The fourth-order valence-corrected chi connectivity index (χ4v) is 3.59. The Morgan fingerprint density at radius 1 is 1.19 bits per heavy atom. The quantitative estimate of drug-likeness (QED) is 0.774. The molecule has 3 aromatic rings. The number of hydrogen-bond donors (Lipinski definition) is 1. The van der Waals surface area contributed by atoms with E-state index in [1.807, 2.05) is 28.8 Å². The van der Waals surface area contributed by atoms with Crippen molar-refractivity contribution in [2.75, 3.05) is 31.6 Å². The zero-order valence-electron chi connectivity index (χ0n) is 16.0. The maximum Gasteiger partial charge on any atom is 0.257 e. The van der Waals surface area contributed by atoms with Crippen molar-refractivity contribution in [1.82, 2.24) is 14.5 Å². The van der Waals surface area contributed by atoms with Crippen LogP contribution in [-0.2, 0) is 11.8 Å². The Labute approximate surface area is 158 Å². The number of hydrogen-bond acceptors (Lipinski definition) is 4. The number of nitrogens with one attached hydrogen (secondary N) is 1. The largest absolute Gasteiger partial charge is 0.378 e. The topological polar surface area (TPSA) is 59.4 Å². The van der Waals surface area contributed by atoms with Gasteiger partial charge in [0.15, 0.2) is 0 Å². The van der Waals surface area contributed by atoms with Gasteiger partial charge in [0.1, 0.15) is 5.82 Å². The summed E-state index contributed by atoms with van der Waals surface area (Å²) in [5.41, 5.74) is 4.93. The lowest BCUT2D eigenvalue weighted by Crippen LogP contribution is -2.40. The summed E-state index contributed by atoms with van der Waals surface area (Å²) >= 11 is 0. The molecule has 2 aromatic heterocycles. The van der Waals surface area contributed by atoms with Gasteiger partial charge in [-0.2, -0.15) is 0 Å². The molecule has 0 radical (unpaired) electrons. The van der Waals surface area contributed by atoms with Crippen LogP contribution in [0.2, 0.25) is 0 Å². The Morgan fingerprint density at radius 3 is 2.70 bits per heavy atom. The summed E-state index contributed by atoms with van der Waals surface area (Å²) in [5, 5.41) is 4.37. The second-order valence-electron chi connectivity index (χ2n) is 7.06. The number of fused-ring (bicyclic) bond motifs is 1. The third-order valence-electron chi connectivity index (χ3n) is 5.07. The van der Waals surface area contributed by atoms with Crippen LogP contribution in [0.25, 0.3) is 10.9 Å². The van der Waals surface area contributed by atoms with E-state index in [-0.39, 0.29) is 5.91 Å². The normalized spacial score (nSPS) is 14.6. The molecule has 1 fully saturated rings. The number of rotatable bonds is 3. The highest BCUT2D eigenvalue weighted by molar-refractivity contribution is 6.08. The molecule has 0 unspecified atom stereocenters. The SMILES string of the molecule is Cc1ccc(Nc2ncc(C(=O)N3CCOCC3)c3c2ccn3C)c(C)c1. The highest BCUT2D eigenvalue weighted by Gasteiger charge is 2.23. The third kappa shape index (κ3) is 3.28. The molecule has 0 bridgehead atoms. The van der Waals surface area contributed by atoms with Crippen molar-refractivity contribution in [2.24, 2.45) is 7.05 Å². The average Bonchev–Trinajstić information content (AvgIpc) is 3.07. The van der Waals surface area contributed by atoms with Gasteiger partial charge < -0.3 is 19.5 Å². The first-order valence-corrected chi connectivity index (χ1v) is 9.20. The highest BCUT2D eigenvalue weighted by atomic mass is 16.5. The summed E-state index contributed by atoms with van der Waals surface area (Å²) in [6, 6.07) is 8.28. The van der Waals surface area contributed by atoms with Gasteiger partial charge in [0.25, 0.3) is 5.91 Å². The van der Waals surface area contributed by atoms with Gasteiger partial charge in [0, 0.05) is 43.6 Å². The molecule has 1 N–H and O–H groups in total. The van der Waals surface area contributed by atoms with Crippen LogP contribution in [0.5, 0.6) is 0 Å². The molecule has 27 heavy (non-hydrogen) atoms. The van der Waals surface area contributed by atoms with E-state index in [9.17, 15) is 4.79 Å². The Balaban J connectivity index is 1.73. The molecular formula is C21H24N4O2. The zero-order valence-corrected chi connectivity index (χ0v) is 16.0. The Kier molecular flexibility index (Phi) is 4.58. The van der Waals surface area contributed by atoms with Gasteiger partial charge in [-0.25, -0.2) is 4.98 Å². The maximum absolute atomic E-state index is 13.0. The number of amides is 1. The molecular weight excluding hydrogens is 340 g/mol. The first kappa shape index (κ1) is 17.5. The lowest BCUT2D eigenvalue weighted by atomic mass is 10.1. The van der Waals surface area contributed by atoms with Gasteiger partial charge in [-0.05, 0) is 31.5 Å². The number of benzene rings is 1. The van der Waals surface area contributed by atoms with Crippen molar-refractivity contribution >= 4 is 28.3 Å². The Morgan fingerprint density at radius 2 is 1.96 bits per heavy atom. The second-order valence-corrected chi connectivity index (χ2v) is 7.06. The van der Waals surface area contributed by atoms with E-state index >= 15 is 0 Å². The van der Waals surface area contributed by atoms with Crippen LogP contribution in [0.1, 0.15) is 21.5 Å². The van der Waals surface area contributed by atoms with Crippen LogP contribution in [-0.4, -0.2) is 46.7 Å². The smallest absolute Gasteiger partial charge is 0.257 e. The number of aromatic nitrogens is 2. The zero-order chi connectivity index (χ0) is 19.0. The lowest BCUT2D eigenvalue weighted by Gasteiger charge is -2.27. The minimum absolute atomic E-state index is 0.00988. The van der Waals surface area contributed by atoms with Crippen LogP contribution < -0.4 is 5.32 Å². The Hall–Kier alpha value is -2.86. The molecule has 140 valence electrons. The van der Waals surface area contributed by atoms with Gasteiger partial charge in [-0.3, -0.25) is 4.79 Å². The monoisotopic (exact) mass is 364 g/mol. The van der Waals surface area contributed by atoms with E-state index < -0.39 is 0 Å². The van der Waals surface area contributed by atoms with Crippen molar-refractivity contribution in [3.8, 4) is 0 Å². The fourth-order valence-electron chi connectivity index (χ4n) is 3.59. The van der Waals surface area contributed by atoms with E-state index in [4.69, 9.17) is 4.74 Å². The van der Waals surface area contributed by atoms with Crippen LogP contribution in [0, 0.1) is 13.8 Å². The number of carbonyl (C=O) groups is 1. The Bertz CT molecular complexity index is 1000. The van der Waals surface area contributed by atoms with Crippen molar-refractivity contribution in [2.45, 2.75) is 13.8 Å². The fraction of sp³-hybridized carbons (Fsp3) is 0.333. The van der Waals surface area contributed by atoms with Crippen LogP contribution in [0.3, 0.4) is 0 Å². The summed E-state index contributed by atoms with van der Waals surface area (Å²) in [6.07, 6.45) is 3.65. The van der Waals surface area contributed by atoms with E-state index in [1.165, 1.54) is 5.56 Å². The number of carbonyl (C=O) groups excluding carboxylic acids is 1. The van der Waals surface area contributed by atoms with Gasteiger partial charge in [0.2, 0.25) is 0 Å². The van der Waals surface area contributed by atoms with Crippen molar-refractivity contribution in [3.05, 3.63) is 53.3 Å². The van der Waals surface area contributed by atoms with E-state index in [0.717, 1.165) is 28.0 Å². The minimum atomic E-state index is 0.00988. The maximum atomic E-state index is 13.0. The predicted octanol–water partition coefficient (Wildman–Crippen LogP) is 3.41. The van der Waals surface area contributed by atoms with E-state index in [0.29, 0.717) is 31.9 Å². The van der Waals surface area contributed by atoms with Gasteiger partial charge in [-0.15, -0.1) is 0 Å². The summed E-state index contributed by atoms with van der Waals surface area (Å²) in [5.74, 6) is 0.770. The molecule has 0 atom stereocenters. The average molecular weight is 364 g/mol. The molecule has 4 rings (SSSR count). The third-order valence-corrected chi connectivity index (χ3v) is 5.07. The van der Waals surface area contributed by atoms with Crippen molar-refractivity contribution < 1.29 is 9.53 Å². The molecule has 0 spiro atoms. The van der Waals surface area contributed by atoms with Crippen LogP contribution in [0.15, 0.2) is 36.7 Å². The molecule has 6 nitrogen and oxygen atoms in total. The highest BCUT2D eigenvalue weighted by Crippen LogP contribution is 2.29. The van der Waals surface area contributed by atoms with Gasteiger partial charge in [0.05, 0.1) is 24.3 Å². The first-order valence-electron chi connectivity index (χ1n) is 9.20. The number of nitrogens with zero attached hydrogens (tertiary/aromatic N) is 3. The predicted molar refractivity (Wildman–Crippen MR) is 107 cm³/mol. The molecule has 1 amide bonds. The molecule has 0 saturated carbocycles. The minimum Gasteiger partial charge on any atom is -0.378 e. The second kappa shape index (κ2) is 7.04. The van der Waals surface area contributed by atoms with Crippen molar-refractivity contribution in [3.63, 3.8) is 0 Å². The number of aryl methyl sites for hydroxylation is 3. The number of morpholine rings is 1. The van der Waals surface area contributed by atoms with Gasteiger partial charge >= 0.3 is 0 Å². The molecule has 1 aliphatic rings. The van der Waals surface area contributed by atoms with Crippen LogP contribution in [0.4, 0.5) is 11.5 Å². The molecule has 1 aromatic carbocycles. The number of anilines is 2. The van der Waals surface area contributed by atoms with E-state index in [2.05, 4.69) is 42.3 Å². The van der Waals surface area contributed by atoms with Crippen molar-refractivity contribution in [1.29, 1.82) is 0 Å².